The van der Waals surface area contributed by atoms with Crippen LogP contribution in [0.15, 0.2) is 30.5 Å². The summed E-state index contributed by atoms with van der Waals surface area (Å²) in [6.45, 7) is 3.73. The number of nitrogens with zero attached hydrogens (tertiary/aromatic N) is 2. The van der Waals surface area contributed by atoms with Gasteiger partial charge in [-0.3, -0.25) is 0 Å². The summed E-state index contributed by atoms with van der Waals surface area (Å²) in [7, 11) is 0. The van der Waals surface area contributed by atoms with Gasteiger partial charge in [0.25, 0.3) is 0 Å². The first-order valence-corrected chi connectivity index (χ1v) is 8.32. The van der Waals surface area contributed by atoms with Crippen LogP contribution < -0.4 is 10.6 Å². The Morgan fingerprint density at radius 1 is 1.29 bits per heavy atom. The first-order chi connectivity index (χ1) is 11.6. The Morgan fingerprint density at radius 2 is 2.04 bits per heavy atom. The minimum atomic E-state index is -0.936. The molecule has 3 rings (SSSR count). The average Bonchev–Trinajstić information content (AvgIpc) is 2.62. The lowest BCUT2D eigenvalue weighted by molar-refractivity contribution is 0.198. The van der Waals surface area contributed by atoms with Crippen molar-refractivity contribution in [2.75, 3.05) is 25.0 Å². The maximum absolute atomic E-state index is 14.3. The van der Waals surface area contributed by atoms with E-state index in [4.69, 9.17) is 0 Å². The third-order valence-electron chi connectivity index (χ3n) is 4.45. The quantitative estimate of drug-likeness (QED) is 0.882. The molecule has 2 N–H and O–H groups in total. The van der Waals surface area contributed by atoms with Crippen LogP contribution in [0.3, 0.4) is 0 Å². The number of rotatable bonds is 5. The smallest absolute Gasteiger partial charge is 0.223 e. The normalized spacial score (nSPS) is 16.8. The molecule has 2 aromatic rings. The molecule has 0 radical (unpaired) electrons. The molecule has 1 fully saturated rings. The summed E-state index contributed by atoms with van der Waals surface area (Å²) >= 11 is 0. The molecule has 6 heteroatoms. The second-order valence-corrected chi connectivity index (χ2v) is 6.19. The Morgan fingerprint density at radius 3 is 2.79 bits per heavy atom. The highest BCUT2D eigenvalue weighted by atomic mass is 19.1. The average molecular weight is 332 g/mol. The van der Waals surface area contributed by atoms with Gasteiger partial charge >= 0.3 is 0 Å². The maximum Gasteiger partial charge on any atom is 0.223 e. The molecule has 0 saturated carbocycles. The molecule has 1 unspecified atom stereocenters. The zero-order valence-electron chi connectivity index (χ0n) is 13.7. The van der Waals surface area contributed by atoms with Crippen molar-refractivity contribution in [1.82, 2.24) is 15.3 Å². The summed E-state index contributed by atoms with van der Waals surface area (Å²) in [4.78, 5) is 8.57. The van der Waals surface area contributed by atoms with E-state index in [1.807, 2.05) is 6.92 Å². The first-order valence-electron chi connectivity index (χ1n) is 8.32. The summed E-state index contributed by atoms with van der Waals surface area (Å²) in [5.74, 6) is 0.0639. The van der Waals surface area contributed by atoms with Gasteiger partial charge in [0.05, 0.1) is 5.69 Å². The van der Waals surface area contributed by atoms with Gasteiger partial charge in [0.1, 0.15) is 12.0 Å². The number of hydrogen-bond donors (Lipinski definition) is 2. The van der Waals surface area contributed by atoms with E-state index < -0.39 is 6.17 Å². The van der Waals surface area contributed by atoms with Crippen LogP contribution in [0.25, 0.3) is 11.3 Å². The van der Waals surface area contributed by atoms with Gasteiger partial charge in [-0.25, -0.2) is 18.7 Å². The van der Waals surface area contributed by atoms with Crippen molar-refractivity contribution in [1.29, 1.82) is 0 Å². The molecule has 4 nitrogen and oxygen atoms in total. The number of anilines is 1. The van der Waals surface area contributed by atoms with Crippen molar-refractivity contribution < 1.29 is 8.78 Å². The fourth-order valence-electron chi connectivity index (χ4n) is 3.01. The number of halogens is 2. The summed E-state index contributed by atoms with van der Waals surface area (Å²) in [5.41, 5.74) is 1.74. The van der Waals surface area contributed by atoms with Crippen molar-refractivity contribution in [2.24, 2.45) is 5.92 Å². The Kier molecular flexibility index (Phi) is 5.35. The molecule has 0 bridgehead atoms. The van der Waals surface area contributed by atoms with Crippen LogP contribution in [0.5, 0.6) is 0 Å². The molecular weight excluding hydrogens is 310 g/mol. The van der Waals surface area contributed by atoms with Crippen molar-refractivity contribution in [2.45, 2.75) is 25.9 Å². The van der Waals surface area contributed by atoms with E-state index in [0.29, 0.717) is 17.2 Å². The van der Waals surface area contributed by atoms with Gasteiger partial charge in [0.2, 0.25) is 5.95 Å². The standard InChI is InChI=1S/C18H22F2N4/c1-12-10-22-18(23-11-16(20)13-6-8-21-9-7-13)24-17(12)14-4-2-3-5-15(14)19/h2-5,10,13,16,21H,6-9,11H2,1H3,(H,22,23,24). The lowest BCUT2D eigenvalue weighted by Gasteiger charge is -2.25. The number of hydrogen-bond acceptors (Lipinski definition) is 4. The zero-order valence-corrected chi connectivity index (χ0v) is 13.7. The third-order valence-corrected chi connectivity index (χ3v) is 4.45. The molecular formula is C18H22F2N4. The van der Waals surface area contributed by atoms with E-state index in [2.05, 4.69) is 20.6 Å². The van der Waals surface area contributed by atoms with Gasteiger partial charge in [-0.15, -0.1) is 0 Å². The molecule has 2 heterocycles. The van der Waals surface area contributed by atoms with E-state index in [1.165, 1.54) is 6.07 Å². The number of aromatic nitrogens is 2. The van der Waals surface area contributed by atoms with Crippen molar-refractivity contribution in [3.63, 3.8) is 0 Å². The maximum atomic E-state index is 14.3. The fraction of sp³-hybridized carbons (Fsp3) is 0.444. The molecule has 128 valence electrons. The molecule has 1 saturated heterocycles. The molecule has 1 aromatic carbocycles. The lowest BCUT2D eigenvalue weighted by atomic mass is 9.93. The molecule has 1 aromatic heterocycles. The Hall–Kier alpha value is -2.08. The summed E-state index contributed by atoms with van der Waals surface area (Å²) in [6, 6.07) is 6.49. The first kappa shape index (κ1) is 16.8. The monoisotopic (exact) mass is 332 g/mol. The largest absolute Gasteiger partial charge is 0.351 e. The third kappa shape index (κ3) is 3.87. The molecule has 1 aliphatic rings. The van der Waals surface area contributed by atoms with Crippen LogP contribution >= 0.6 is 0 Å². The van der Waals surface area contributed by atoms with Gasteiger partial charge in [0, 0.05) is 18.3 Å². The number of aryl methyl sites for hydroxylation is 1. The minimum absolute atomic E-state index is 0.0650. The number of nitrogens with one attached hydrogen (secondary N) is 2. The topological polar surface area (TPSA) is 49.8 Å². The summed E-state index contributed by atoms with van der Waals surface area (Å²) < 4.78 is 28.3. The van der Waals surface area contributed by atoms with Crippen LogP contribution in [-0.2, 0) is 0 Å². The van der Waals surface area contributed by atoms with Crippen LogP contribution in [-0.4, -0.2) is 35.8 Å². The van der Waals surface area contributed by atoms with Crippen LogP contribution in [0.2, 0.25) is 0 Å². The minimum Gasteiger partial charge on any atom is -0.351 e. The fourth-order valence-corrected chi connectivity index (χ4v) is 3.01. The second kappa shape index (κ2) is 7.66. The summed E-state index contributed by atoms with van der Waals surface area (Å²) in [5, 5.41) is 6.19. The Labute approximate surface area is 140 Å². The van der Waals surface area contributed by atoms with E-state index >= 15 is 0 Å². The molecule has 0 aliphatic carbocycles. The lowest BCUT2D eigenvalue weighted by Crippen LogP contribution is -2.35. The van der Waals surface area contributed by atoms with Crippen LogP contribution in [0.1, 0.15) is 18.4 Å². The predicted molar refractivity (Wildman–Crippen MR) is 91.1 cm³/mol. The number of piperidine rings is 1. The second-order valence-electron chi connectivity index (χ2n) is 6.19. The van der Waals surface area contributed by atoms with E-state index in [9.17, 15) is 8.78 Å². The Bertz CT molecular complexity index is 686. The van der Waals surface area contributed by atoms with Crippen molar-refractivity contribution in [3.05, 3.63) is 41.8 Å². The van der Waals surface area contributed by atoms with E-state index in [-0.39, 0.29) is 18.3 Å². The number of benzene rings is 1. The van der Waals surface area contributed by atoms with E-state index in [1.54, 1.807) is 24.4 Å². The highest BCUT2D eigenvalue weighted by molar-refractivity contribution is 5.64. The van der Waals surface area contributed by atoms with Crippen LogP contribution in [0, 0.1) is 18.7 Å². The van der Waals surface area contributed by atoms with Gasteiger partial charge in [-0.1, -0.05) is 12.1 Å². The molecule has 0 amide bonds. The zero-order chi connectivity index (χ0) is 16.9. The van der Waals surface area contributed by atoms with Gasteiger partial charge < -0.3 is 10.6 Å². The van der Waals surface area contributed by atoms with E-state index in [0.717, 1.165) is 31.5 Å². The molecule has 0 spiro atoms. The SMILES string of the molecule is Cc1cnc(NCC(F)C2CCNCC2)nc1-c1ccccc1F. The highest BCUT2D eigenvalue weighted by Crippen LogP contribution is 2.25. The van der Waals surface area contributed by atoms with Gasteiger partial charge in [-0.2, -0.15) is 0 Å². The highest BCUT2D eigenvalue weighted by Gasteiger charge is 2.23. The molecule has 1 atom stereocenters. The summed E-state index contributed by atoms with van der Waals surface area (Å²) in [6.07, 6.45) is 2.39. The van der Waals surface area contributed by atoms with Crippen molar-refractivity contribution in [3.8, 4) is 11.3 Å². The molecule has 24 heavy (non-hydrogen) atoms. The van der Waals surface area contributed by atoms with Gasteiger partial charge in [-0.05, 0) is 56.5 Å². The van der Waals surface area contributed by atoms with Crippen molar-refractivity contribution >= 4 is 5.95 Å². The van der Waals surface area contributed by atoms with Gasteiger partial charge in [0.15, 0.2) is 0 Å². The number of alkyl halides is 1. The van der Waals surface area contributed by atoms with Crippen LogP contribution in [0.4, 0.5) is 14.7 Å². The Balaban J connectivity index is 1.71. The predicted octanol–water partition coefficient (Wildman–Crippen LogP) is 3.34. The molecule has 1 aliphatic heterocycles.